The van der Waals surface area contributed by atoms with Gasteiger partial charge in [0.25, 0.3) is 0 Å². The van der Waals surface area contributed by atoms with E-state index < -0.39 is 10.6 Å². The Balaban J connectivity index is 3.79. The molecule has 0 heterocycles. The fraction of sp³-hybridized carbons (Fsp3) is 0.500. The van der Waals surface area contributed by atoms with Crippen molar-refractivity contribution in [1.29, 1.82) is 0 Å². The predicted molar refractivity (Wildman–Crippen MR) is 39.5 cm³/mol. The van der Waals surface area contributed by atoms with E-state index in [9.17, 15) is 4.79 Å². The van der Waals surface area contributed by atoms with Gasteiger partial charge in [-0.2, -0.15) is 0 Å². The first-order valence-corrected chi connectivity index (χ1v) is 3.28. The Morgan fingerprint density at radius 1 is 1.43 bits per heavy atom. The van der Waals surface area contributed by atoms with Gasteiger partial charge in [0, 0.05) is 0 Å². The molecule has 7 heavy (non-hydrogen) atoms. The van der Waals surface area contributed by atoms with Crippen molar-refractivity contribution in [2.75, 3.05) is 0 Å². The van der Waals surface area contributed by atoms with Crippen molar-refractivity contribution < 1.29 is 9.90 Å². The van der Waals surface area contributed by atoms with E-state index in [0.717, 1.165) is 0 Å². The third-order valence-electron chi connectivity index (χ3n) is 0.370. The minimum atomic E-state index is -0.868. The Bertz CT molecular complexity index is 83.4. The second-order valence-electron chi connectivity index (χ2n) is 1.24. The number of carbonyl (C=O) groups is 1. The molecule has 0 aliphatic carbocycles. The molecule has 0 spiro atoms. The van der Waals surface area contributed by atoms with Crippen LogP contribution < -0.4 is 0 Å². The van der Waals surface area contributed by atoms with Crippen LogP contribution >= 0.6 is 27.7 Å². The third-order valence-corrected chi connectivity index (χ3v) is 1.11. The van der Waals surface area contributed by atoms with Crippen LogP contribution in [0.3, 0.4) is 0 Å². The fourth-order valence-electron chi connectivity index (χ4n) is 0. The summed E-state index contributed by atoms with van der Waals surface area (Å²) >= 11 is 0. The van der Waals surface area contributed by atoms with Crippen molar-refractivity contribution in [3.05, 3.63) is 0 Å². The van der Waals surface area contributed by atoms with Crippen LogP contribution in [-0.4, -0.2) is 15.7 Å². The average Bonchev–Trinajstić information content (AvgIpc) is 1.31. The molecule has 0 fully saturated rings. The predicted octanol–water partition coefficient (Wildman–Crippen LogP) is 0.350. The maximum atomic E-state index is 9.96. The molecule has 0 aromatic heterocycles. The van der Waals surface area contributed by atoms with Gasteiger partial charge in [-0.15, -0.1) is 27.7 Å². The molecule has 1 N–H and O–H groups in total. The van der Waals surface area contributed by atoms with E-state index in [1.807, 2.05) is 0 Å². The molecule has 0 rings (SSSR count). The molecule has 0 bridgehead atoms. The van der Waals surface area contributed by atoms with E-state index in [-0.39, 0.29) is 0 Å². The molecule has 0 radical (unpaired) electrons. The van der Waals surface area contributed by atoms with E-state index in [1.165, 1.54) is 0 Å². The highest BCUT2D eigenvalue weighted by Gasteiger charge is 2.19. The molecular formula is C2H7O2P3. The highest BCUT2D eigenvalue weighted by atomic mass is 31.1. The molecule has 0 aliphatic rings. The van der Waals surface area contributed by atoms with Gasteiger partial charge in [0.2, 0.25) is 0 Å². The molecule has 0 aromatic carbocycles. The number of hydrogen-bond donors (Lipinski definition) is 1. The zero-order chi connectivity index (χ0) is 6.08. The first-order chi connectivity index (χ1) is 2.94. The van der Waals surface area contributed by atoms with Gasteiger partial charge in [-0.3, -0.25) is 4.79 Å². The summed E-state index contributed by atoms with van der Waals surface area (Å²) in [5.74, 6) is -0.868. The summed E-state index contributed by atoms with van der Waals surface area (Å²) in [5.41, 5.74) is 0. The van der Waals surface area contributed by atoms with Crippen molar-refractivity contribution in [3.8, 4) is 0 Å². The van der Waals surface area contributed by atoms with Gasteiger partial charge in [0.15, 0.2) is 0 Å². The Labute approximate surface area is 49.0 Å². The van der Waals surface area contributed by atoms with Gasteiger partial charge < -0.3 is 5.11 Å². The highest BCUT2D eigenvalue weighted by Crippen LogP contribution is 2.33. The largest absolute Gasteiger partial charge is 0.480 e. The second kappa shape index (κ2) is 2.35. The Kier molecular flexibility index (Phi) is 2.61. The Morgan fingerprint density at radius 2 is 1.57 bits per heavy atom. The van der Waals surface area contributed by atoms with Gasteiger partial charge in [0.1, 0.15) is 4.64 Å². The quantitative estimate of drug-likeness (QED) is 0.556. The van der Waals surface area contributed by atoms with Crippen LogP contribution in [0.5, 0.6) is 0 Å². The summed E-state index contributed by atoms with van der Waals surface area (Å²) in [4.78, 5) is 9.96. The lowest BCUT2D eigenvalue weighted by molar-refractivity contribution is -0.135. The minimum Gasteiger partial charge on any atom is -0.480 e. The lowest BCUT2D eigenvalue weighted by Crippen LogP contribution is -2.14. The Hall–Kier alpha value is 0.760. The molecule has 5 heteroatoms. The molecule has 0 aliphatic heterocycles. The third kappa shape index (κ3) is 3.35. The van der Waals surface area contributed by atoms with E-state index in [1.54, 1.807) is 0 Å². The zero-order valence-corrected chi connectivity index (χ0v) is 7.05. The van der Waals surface area contributed by atoms with Crippen LogP contribution in [0.2, 0.25) is 0 Å². The number of rotatable bonds is 1. The van der Waals surface area contributed by atoms with E-state index in [2.05, 4.69) is 27.7 Å². The summed E-state index contributed by atoms with van der Waals surface area (Å²) in [6.07, 6.45) is 0. The van der Waals surface area contributed by atoms with Crippen LogP contribution in [0.25, 0.3) is 0 Å². The van der Waals surface area contributed by atoms with E-state index >= 15 is 0 Å². The SMILES string of the molecule is O=C(O)C(P)(P)P. The second-order valence-corrected chi connectivity index (χ2v) is 6.10. The van der Waals surface area contributed by atoms with Crippen LogP contribution in [0.1, 0.15) is 0 Å². The number of hydrogen-bond acceptors (Lipinski definition) is 1. The van der Waals surface area contributed by atoms with Crippen molar-refractivity contribution >= 4 is 33.7 Å². The number of carboxylic acids is 1. The normalized spacial score (nSPS) is 11.3. The van der Waals surface area contributed by atoms with Crippen molar-refractivity contribution in [2.45, 2.75) is 4.64 Å². The van der Waals surface area contributed by atoms with Gasteiger partial charge >= 0.3 is 5.97 Å². The summed E-state index contributed by atoms with van der Waals surface area (Å²) in [7, 11) is 6.47. The van der Waals surface area contributed by atoms with Gasteiger partial charge in [-0.1, -0.05) is 0 Å². The first-order valence-electron chi connectivity index (χ1n) is 1.54. The van der Waals surface area contributed by atoms with E-state index in [0.29, 0.717) is 0 Å². The number of aliphatic carboxylic acids is 1. The lowest BCUT2D eigenvalue weighted by Gasteiger charge is -2.08. The summed E-state index contributed by atoms with van der Waals surface area (Å²) in [5, 5.41) is 8.19. The van der Waals surface area contributed by atoms with Crippen molar-refractivity contribution in [2.24, 2.45) is 0 Å². The Morgan fingerprint density at radius 3 is 1.57 bits per heavy atom. The highest BCUT2D eigenvalue weighted by molar-refractivity contribution is 7.60. The first kappa shape index (κ1) is 7.76. The maximum absolute atomic E-state index is 9.96. The average molecular weight is 156 g/mol. The summed E-state index contributed by atoms with van der Waals surface area (Å²) < 4.78 is -0.833. The maximum Gasteiger partial charge on any atom is 0.321 e. The van der Waals surface area contributed by atoms with Gasteiger partial charge in [0.05, 0.1) is 0 Å². The van der Waals surface area contributed by atoms with Crippen LogP contribution in [0.4, 0.5) is 0 Å². The number of carboxylic acid groups (broad SMARTS) is 1. The molecule has 0 aromatic rings. The molecular weight excluding hydrogens is 149 g/mol. The summed E-state index contributed by atoms with van der Waals surface area (Å²) in [6, 6.07) is 0. The molecule has 3 atom stereocenters. The monoisotopic (exact) mass is 156 g/mol. The van der Waals surface area contributed by atoms with Crippen molar-refractivity contribution in [1.82, 2.24) is 0 Å². The summed E-state index contributed by atoms with van der Waals surface area (Å²) in [6.45, 7) is 0. The van der Waals surface area contributed by atoms with Crippen LogP contribution in [0, 0.1) is 0 Å². The molecule has 0 amide bonds. The van der Waals surface area contributed by atoms with Gasteiger partial charge in [-0.05, 0) is 0 Å². The molecule has 0 saturated heterocycles. The van der Waals surface area contributed by atoms with E-state index in [4.69, 9.17) is 5.11 Å². The minimum absolute atomic E-state index is 0.833. The zero-order valence-electron chi connectivity index (χ0n) is 3.59. The van der Waals surface area contributed by atoms with Crippen LogP contribution in [0.15, 0.2) is 0 Å². The van der Waals surface area contributed by atoms with Crippen molar-refractivity contribution in [3.63, 3.8) is 0 Å². The topological polar surface area (TPSA) is 37.3 Å². The molecule has 0 saturated carbocycles. The molecule has 3 unspecified atom stereocenters. The lowest BCUT2D eigenvalue weighted by atomic mass is 10.8. The fourth-order valence-corrected chi connectivity index (χ4v) is 0. The van der Waals surface area contributed by atoms with Crippen LogP contribution in [-0.2, 0) is 4.79 Å². The molecule has 42 valence electrons. The molecule has 2 nitrogen and oxygen atoms in total. The smallest absolute Gasteiger partial charge is 0.321 e. The standard InChI is InChI=1S/C2H7O2P3/c3-1(4)2(5,6)7/h5-7H2,(H,3,4). The van der Waals surface area contributed by atoms with Gasteiger partial charge in [-0.25, -0.2) is 0 Å².